The zero-order valence-corrected chi connectivity index (χ0v) is 16.0. The van der Waals surface area contributed by atoms with Gasteiger partial charge < -0.3 is 19.5 Å². The van der Waals surface area contributed by atoms with Crippen LogP contribution in [0.25, 0.3) is 0 Å². The molecule has 132 valence electrons. The molecule has 2 aliphatic rings. The largest absolute Gasteiger partial charge is 0.454 e. The molecule has 1 fully saturated rings. The molecule has 1 aromatic heterocycles. The van der Waals surface area contributed by atoms with Crippen molar-refractivity contribution in [1.29, 1.82) is 0 Å². The van der Waals surface area contributed by atoms with E-state index in [9.17, 15) is 4.79 Å². The summed E-state index contributed by atoms with van der Waals surface area (Å²) in [7, 11) is 0. The molecule has 7 heteroatoms. The number of thiophene rings is 1. The van der Waals surface area contributed by atoms with Gasteiger partial charge in [-0.3, -0.25) is 4.79 Å². The fraction of sp³-hybridized carbons (Fsp3) is 0.389. The average Bonchev–Trinajstić information content (AvgIpc) is 3.28. The molecule has 0 aliphatic carbocycles. The molecule has 0 saturated carbocycles. The summed E-state index contributed by atoms with van der Waals surface area (Å²) in [5.41, 5.74) is 1.00. The first-order chi connectivity index (χ1) is 12.2. The van der Waals surface area contributed by atoms with E-state index >= 15 is 0 Å². The van der Waals surface area contributed by atoms with Crippen LogP contribution < -0.4 is 14.8 Å². The molecule has 0 atom stereocenters. The molecular formula is C18H18BrNO4S. The first-order valence-electron chi connectivity index (χ1n) is 8.17. The van der Waals surface area contributed by atoms with E-state index in [1.165, 1.54) is 11.3 Å². The fourth-order valence-corrected chi connectivity index (χ4v) is 4.81. The van der Waals surface area contributed by atoms with Crippen LogP contribution in [0.3, 0.4) is 0 Å². The second-order valence-electron chi connectivity index (χ2n) is 6.24. The molecule has 0 radical (unpaired) electrons. The highest BCUT2D eigenvalue weighted by Gasteiger charge is 2.36. The summed E-state index contributed by atoms with van der Waals surface area (Å²) in [5.74, 6) is 1.50. The molecule has 5 nitrogen and oxygen atoms in total. The lowest BCUT2D eigenvalue weighted by Crippen LogP contribution is -2.44. The van der Waals surface area contributed by atoms with Crippen molar-refractivity contribution < 1.29 is 19.0 Å². The minimum absolute atomic E-state index is 0.0477. The maximum absolute atomic E-state index is 12.5. The number of carbonyl (C=O) groups is 1. The highest BCUT2D eigenvalue weighted by molar-refractivity contribution is 9.10. The van der Waals surface area contributed by atoms with Gasteiger partial charge in [0, 0.05) is 29.6 Å². The van der Waals surface area contributed by atoms with Crippen molar-refractivity contribution in [3.05, 3.63) is 44.6 Å². The zero-order chi connectivity index (χ0) is 17.3. The monoisotopic (exact) mass is 423 g/mol. The van der Waals surface area contributed by atoms with Crippen LogP contribution in [0, 0.1) is 0 Å². The lowest BCUT2D eigenvalue weighted by atomic mass is 9.74. The second kappa shape index (κ2) is 6.97. The molecule has 0 unspecified atom stereocenters. The molecule has 1 amide bonds. The molecule has 1 aromatic carbocycles. The molecule has 0 spiro atoms. The summed E-state index contributed by atoms with van der Waals surface area (Å²) in [6.07, 6.45) is 1.72. The minimum Gasteiger partial charge on any atom is -0.454 e. The Hall–Kier alpha value is -1.57. The Labute approximate surface area is 158 Å². The summed E-state index contributed by atoms with van der Waals surface area (Å²) >= 11 is 4.86. The van der Waals surface area contributed by atoms with Crippen LogP contribution in [0.5, 0.6) is 11.5 Å². The van der Waals surface area contributed by atoms with Crippen molar-refractivity contribution in [2.75, 3.05) is 26.6 Å². The summed E-state index contributed by atoms with van der Waals surface area (Å²) in [4.78, 5) is 13.2. The van der Waals surface area contributed by atoms with E-state index in [2.05, 4.69) is 27.3 Å². The third kappa shape index (κ3) is 3.28. The highest BCUT2D eigenvalue weighted by atomic mass is 79.9. The van der Waals surface area contributed by atoms with Crippen molar-refractivity contribution in [1.82, 2.24) is 5.32 Å². The van der Waals surface area contributed by atoms with Gasteiger partial charge in [0.05, 0.1) is 0 Å². The first-order valence-corrected chi connectivity index (χ1v) is 9.84. The zero-order valence-electron chi connectivity index (χ0n) is 13.5. The third-order valence-corrected chi connectivity index (χ3v) is 6.68. The molecule has 2 aromatic rings. The van der Waals surface area contributed by atoms with Crippen LogP contribution in [0.4, 0.5) is 0 Å². The van der Waals surface area contributed by atoms with E-state index in [0.717, 1.165) is 34.4 Å². The van der Waals surface area contributed by atoms with Crippen molar-refractivity contribution in [2.24, 2.45) is 0 Å². The topological polar surface area (TPSA) is 56.8 Å². The number of nitrogens with one attached hydrogen (secondary N) is 1. The molecule has 2 aliphatic heterocycles. The van der Waals surface area contributed by atoms with Crippen LogP contribution in [-0.4, -0.2) is 32.5 Å². The Morgan fingerprint density at radius 2 is 2.00 bits per heavy atom. The van der Waals surface area contributed by atoms with Crippen LogP contribution in [0.15, 0.2) is 34.1 Å². The lowest BCUT2D eigenvalue weighted by Gasteiger charge is -2.38. The third-order valence-electron chi connectivity index (χ3n) is 4.85. The Morgan fingerprint density at radius 1 is 1.20 bits per heavy atom. The average molecular weight is 424 g/mol. The molecular weight excluding hydrogens is 406 g/mol. The van der Waals surface area contributed by atoms with Gasteiger partial charge in [-0.15, -0.1) is 11.3 Å². The number of amides is 1. The smallest absolute Gasteiger partial charge is 0.262 e. The van der Waals surface area contributed by atoms with Crippen molar-refractivity contribution in [3.8, 4) is 11.5 Å². The Balaban J connectivity index is 1.57. The van der Waals surface area contributed by atoms with Gasteiger partial charge in [0.15, 0.2) is 11.5 Å². The van der Waals surface area contributed by atoms with Gasteiger partial charge in [-0.05, 0) is 57.9 Å². The number of hydrogen-bond acceptors (Lipinski definition) is 5. The number of benzene rings is 1. The number of ether oxygens (including phenoxy) is 3. The van der Waals surface area contributed by atoms with Gasteiger partial charge in [-0.25, -0.2) is 0 Å². The molecule has 4 rings (SSSR count). The number of hydrogen-bond donors (Lipinski definition) is 1. The first kappa shape index (κ1) is 16.9. The van der Waals surface area contributed by atoms with E-state index in [0.29, 0.717) is 24.6 Å². The van der Waals surface area contributed by atoms with E-state index < -0.39 is 0 Å². The van der Waals surface area contributed by atoms with E-state index in [-0.39, 0.29) is 18.1 Å². The summed E-state index contributed by atoms with van der Waals surface area (Å²) < 4.78 is 17.3. The van der Waals surface area contributed by atoms with Gasteiger partial charge in [0.25, 0.3) is 5.91 Å². The number of carbonyl (C=O) groups excluding carboxylic acids is 1. The SMILES string of the molecule is O=C(NCC1(c2ccc3c(c2)OCO3)CCOCC1)c1sccc1Br. The maximum atomic E-state index is 12.5. The Morgan fingerprint density at radius 3 is 2.76 bits per heavy atom. The van der Waals surface area contributed by atoms with Crippen LogP contribution >= 0.6 is 27.3 Å². The maximum Gasteiger partial charge on any atom is 0.262 e. The van der Waals surface area contributed by atoms with Gasteiger partial charge in [-0.2, -0.15) is 0 Å². The lowest BCUT2D eigenvalue weighted by molar-refractivity contribution is 0.0487. The Bertz CT molecular complexity index is 785. The van der Waals surface area contributed by atoms with Crippen LogP contribution in [0.1, 0.15) is 28.1 Å². The second-order valence-corrected chi connectivity index (χ2v) is 8.01. The highest BCUT2D eigenvalue weighted by Crippen LogP contribution is 2.40. The molecule has 1 N–H and O–H groups in total. The van der Waals surface area contributed by atoms with Crippen molar-refractivity contribution >= 4 is 33.2 Å². The molecule has 0 bridgehead atoms. The fourth-order valence-electron chi connectivity index (χ4n) is 3.34. The normalized spacial score (nSPS) is 18.1. The molecule has 1 saturated heterocycles. The van der Waals surface area contributed by atoms with Gasteiger partial charge in [0.1, 0.15) is 4.88 Å². The van der Waals surface area contributed by atoms with Crippen molar-refractivity contribution in [2.45, 2.75) is 18.3 Å². The minimum atomic E-state index is -0.154. The van der Waals surface area contributed by atoms with Gasteiger partial charge >= 0.3 is 0 Å². The molecule has 3 heterocycles. The van der Waals surface area contributed by atoms with Crippen molar-refractivity contribution in [3.63, 3.8) is 0 Å². The van der Waals surface area contributed by atoms with Crippen LogP contribution in [0.2, 0.25) is 0 Å². The van der Waals surface area contributed by atoms with Gasteiger partial charge in [0.2, 0.25) is 6.79 Å². The quantitative estimate of drug-likeness (QED) is 0.813. The van der Waals surface area contributed by atoms with E-state index in [1.54, 1.807) is 0 Å². The number of halogens is 1. The van der Waals surface area contributed by atoms with E-state index in [4.69, 9.17) is 14.2 Å². The molecule has 25 heavy (non-hydrogen) atoms. The number of rotatable bonds is 4. The van der Waals surface area contributed by atoms with E-state index in [1.807, 2.05) is 23.6 Å². The summed E-state index contributed by atoms with van der Waals surface area (Å²) in [6, 6.07) is 7.96. The Kier molecular flexibility index (Phi) is 4.71. The summed E-state index contributed by atoms with van der Waals surface area (Å²) in [6.45, 7) is 2.21. The van der Waals surface area contributed by atoms with Crippen LogP contribution in [-0.2, 0) is 10.2 Å². The number of fused-ring (bicyclic) bond motifs is 1. The van der Waals surface area contributed by atoms with Gasteiger partial charge in [-0.1, -0.05) is 6.07 Å². The standard InChI is InChI=1S/C18H18BrNO4S/c19-13-3-8-25-16(13)17(21)20-10-18(4-6-22-7-5-18)12-1-2-14-15(9-12)24-11-23-14/h1-3,8-9H,4-7,10-11H2,(H,20,21). The predicted molar refractivity (Wildman–Crippen MR) is 98.6 cm³/mol. The predicted octanol–water partition coefficient (Wildman–Crippen LogP) is 3.72. The summed E-state index contributed by atoms with van der Waals surface area (Å²) in [5, 5.41) is 5.02.